The zero-order chi connectivity index (χ0) is 8.81. The molecular formula is C10H8N2. The van der Waals surface area contributed by atoms with Crippen molar-refractivity contribution in [2.45, 2.75) is 6.42 Å². The zero-order valence-corrected chi connectivity index (χ0v) is 6.54. The third-order valence-electron chi connectivity index (χ3n) is 1.31. The smallest absolute Gasteiger partial charge is 0.0966 e. The number of hydrogen-bond donors (Lipinski definition) is 1. The third kappa shape index (κ3) is 2.36. The van der Waals surface area contributed by atoms with Gasteiger partial charge in [0.1, 0.15) is 0 Å². The first kappa shape index (κ1) is 8.17. The summed E-state index contributed by atoms with van der Waals surface area (Å²) >= 11 is 0. The van der Waals surface area contributed by atoms with Gasteiger partial charge >= 0.3 is 0 Å². The van der Waals surface area contributed by atoms with Crippen LogP contribution in [0.1, 0.15) is 12.0 Å². The van der Waals surface area contributed by atoms with Gasteiger partial charge in [-0.1, -0.05) is 11.8 Å². The fourth-order valence-corrected chi connectivity index (χ4v) is 0.752. The average molecular weight is 156 g/mol. The maximum atomic E-state index is 8.22. The molecule has 58 valence electrons. The minimum atomic E-state index is 0.268. The average Bonchev–Trinajstić information content (AvgIpc) is 2.09. The van der Waals surface area contributed by atoms with Crippen molar-refractivity contribution in [3.05, 3.63) is 29.8 Å². The molecular weight excluding hydrogens is 148 g/mol. The molecule has 0 saturated heterocycles. The summed E-state index contributed by atoms with van der Waals surface area (Å²) in [5, 5.41) is 8.22. The molecule has 0 amide bonds. The molecule has 0 heterocycles. The van der Waals surface area contributed by atoms with Crippen molar-refractivity contribution in [3.63, 3.8) is 0 Å². The van der Waals surface area contributed by atoms with Gasteiger partial charge in [-0.2, -0.15) is 5.26 Å². The molecule has 0 atom stereocenters. The Kier molecular flexibility index (Phi) is 2.76. The van der Waals surface area contributed by atoms with E-state index in [2.05, 4.69) is 11.8 Å². The fraction of sp³-hybridized carbons (Fsp3) is 0.100. The van der Waals surface area contributed by atoms with Gasteiger partial charge in [0.05, 0.1) is 12.5 Å². The molecule has 0 saturated carbocycles. The van der Waals surface area contributed by atoms with E-state index in [1.54, 1.807) is 12.1 Å². The van der Waals surface area contributed by atoms with Crippen molar-refractivity contribution >= 4 is 5.69 Å². The SMILES string of the molecule is N#CCC#Cc1ccc(N)cc1. The lowest BCUT2D eigenvalue weighted by atomic mass is 10.2. The maximum absolute atomic E-state index is 8.22. The molecule has 1 aromatic carbocycles. The lowest BCUT2D eigenvalue weighted by Crippen LogP contribution is -1.82. The zero-order valence-electron chi connectivity index (χ0n) is 6.54. The van der Waals surface area contributed by atoms with Crippen LogP contribution >= 0.6 is 0 Å². The minimum absolute atomic E-state index is 0.268. The first-order valence-corrected chi connectivity index (χ1v) is 3.54. The highest BCUT2D eigenvalue weighted by Crippen LogP contribution is 2.03. The summed E-state index contributed by atoms with van der Waals surface area (Å²) in [6.45, 7) is 0. The van der Waals surface area contributed by atoms with E-state index in [9.17, 15) is 0 Å². The third-order valence-corrected chi connectivity index (χ3v) is 1.31. The molecule has 0 aliphatic heterocycles. The van der Waals surface area contributed by atoms with Gasteiger partial charge in [0.2, 0.25) is 0 Å². The second kappa shape index (κ2) is 4.05. The summed E-state index contributed by atoms with van der Waals surface area (Å²) in [6.07, 6.45) is 0.268. The Morgan fingerprint density at radius 1 is 1.25 bits per heavy atom. The van der Waals surface area contributed by atoms with Crippen LogP contribution in [0.4, 0.5) is 5.69 Å². The monoisotopic (exact) mass is 156 g/mol. The summed E-state index contributed by atoms with van der Waals surface area (Å²) in [5.41, 5.74) is 7.09. The van der Waals surface area contributed by atoms with E-state index in [-0.39, 0.29) is 6.42 Å². The summed E-state index contributed by atoms with van der Waals surface area (Å²) in [6, 6.07) is 9.19. The molecule has 0 aliphatic rings. The van der Waals surface area contributed by atoms with Crippen molar-refractivity contribution in [2.75, 3.05) is 5.73 Å². The van der Waals surface area contributed by atoms with Gasteiger partial charge in [-0.15, -0.1) is 0 Å². The Balaban J connectivity index is 2.74. The molecule has 0 aliphatic carbocycles. The number of anilines is 1. The van der Waals surface area contributed by atoms with Crippen LogP contribution in [0.25, 0.3) is 0 Å². The largest absolute Gasteiger partial charge is 0.399 e. The molecule has 2 nitrogen and oxygen atoms in total. The van der Waals surface area contributed by atoms with Crippen LogP contribution in [0.2, 0.25) is 0 Å². The number of rotatable bonds is 0. The Bertz CT molecular complexity index is 346. The second-order valence-electron chi connectivity index (χ2n) is 2.26. The highest BCUT2D eigenvalue weighted by atomic mass is 14.5. The van der Waals surface area contributed by atoms with Crippen molar-refractivity contribution in [1.82, 2.24) is 0 Å². The second-order valence-corrected chi connectivity index (χ2v) is 2.26. The molecule has 0 fully saturated rings. The Morgan fingerprint density at radius 2 is 1.92 bits per heavy atom. The van der Waals surface area contributed by atoms with Gasteiger partial charge in [-0.05, 0) is 24.3 Å². The van der Waals surface area contributed by atoms with E-state index >= 15 is 0 Å². The topological polar surface area (TPSA) is 49.8 Å². The number of hydrogen-bond acceptors (Lipinski definition) is 2. The van der Waals surface area contributed by atoms with Gasteiger partial charge in [0.15, 0.2) is 0 Å². The molecule has 1 aromatic rings. The molecule has 2 N–H and O–H groups in total. The summed E-state index contributed by atoms with van der Waals surface area (Å²) in [7, 11) is 0. The van der Waals surface area contributed by atoms with E-state index in [0.29, 0.717) is 0 Å². The standard InChI is InChI=1S/C10H8N2/c11-8-2-1-3-9-4-6-10(12)7-5-9/h4-7H,2,12H2. The van der Waals surface area contributed by atoms with E-state index in [1.165, 1.54) is 0 Å². The first-order chi connectivity index (χ1) is 5.83. The van der Waals surface area contributed by atoms with Crippen LogP contribution in [0, 0.1) is 23.2 Å². The highest BCUT2D eigenvalue weighted by molar-refractivity contribution is 5.44. The summed E-state index contributed by atoms with van der Waals surface area (Å²) < 4.78 is 0. The molecule has 12 heavy (non-hydrogen) atoms. The van der Waals surface area contributed by atoms with Gasteiger partial charge in [0, 0.05) is 11.3 Å². The Morgan fingerprint density at radius 3 is 2.50 bits per heavy atom. The normalized spacial score (nSPS) is 7.92. The van der Waals surface area contributed by atoms with Crippen LogP contribution in [0.3, 0.4) is 0 Å². The summed E-state index contributed by atoms with van der Waals surface area (Å²) in [4.78, 5) is 0. The predicted molar refractivity (Wildman–Crippen MR) is 48.0 cm³/mol. The van der Waals surface area contributed by atoms with Gasteiger partial charge in [0.25, 0.3) is 0 Å². The maximum Gasteiger partial charge on any atom is 0.0966 e. The van der Waals surface area contributed by atoms with Crippen molar-refractivity contribution in [1.29, 1.82) is 5.26 Å². The van der Waals surface area contributed by atoms with Crippen molar-refractivity contribution < 1.29 is 0 Å². The van der Waals surface area contributed by atoms with Gasteiger partial charge < -0.3 is 5.73 Å². The quantitative estimate of drug-likeness (QED) is 0.457. The number of nitrogens with zero attached hydrogens (tertiary/aromatic N) is 1. The molecule has 0 unspecified atom stereocenters. The molecule has 0 radical (unpaired) electrons. The Hall–Kier alpha value is -1.93. The molecule has 1 rings (SSSR count). The highest BCUT2D eigenvalue weighted by Gasteiger charge is 1.84. The van der Waals surface area contributed by atoms with E-state index in [4.69, 9.17) is 11.0 Å². The predicted octanol–water partition coefficient (Wildman–Crippen LogP) is 1.53. The van der Waals surface area contributed by atoms with Gasteiger partial charge in [-0.3, -0.25) is 0 Å². The van der Waals surface area contributed by atoms with E-state index < -0.39 is 0 Å². The molecule has 2 heteroatoms. The molecule has 0 spiro atoms. The minimum Gasteiger partial charge on any atom is -0.399 e. The van der Waals surface area contributed by atoms with Crippen LogP contribution in [0.5, 0.6) is 0 Å². The number of benzene rings is 1. The number of nitrogens with two attached hydrogens (primary N) is 1. The van der Waals surface area contributed by atoms with E-state index in [1.807, 2.05) is 18.2 Å². The summed E-state index contributed by atoms with van der Waals surface area (Å²) in [5.74, 6) is 5.56. The fourth-order valence-electron chi connectivity index (χ4n) is 0.752. The van der Waals surface area contributed by atoms with Crippen LogP contribution in [0.15, 0.2) is 24.3 Å². The van der Waals surface area contributed by atoms with E-state index in [0.717, 1.165) is 11.3 Å². The molecule has 0 aromatic heterocycles. The number of nitriles is 1. The lowest BCUT2D eigenvalue weighted by molar-refractivity contribution is 1.39. The first-order valence-electron chi connectivity index (χ1n) is 3.54. The number of nitrogen functional groups attached to an aromatic ring is 1. The van der Waals surface area contributed by atoms with Crippen molar-refractivity contribution in [3.8, 4) is 17.9 Å². The Labute approximate surface area is 71.6 Å². The van der Waals surface area contributed by atoms with Crippen LogP contribution in [-0.4, -0.2) is 0 Å². The lowest BCUT2D eigenvalue weighted by Gasteiger charge is -1.90. The van der Waals surface area contributed by atoms with Crippen LogP contribution in [-0.2, 0) is 0 Å². The van der Waals surface area contributed by atoms with Crippen molar-refractivity contribution in [2.24, 2.45) is 0 Å². The molecule has 0 bridgehead atoms. The van der Waals surface area contributed by atoms with Gasteiger partial charge in [-0.25, -0.2) is 0 Å². The van der Waals surface area contributed by atoms with Crippen LogP contribution < -0.4 is 5.73 Å².